The van der Waals surface area contributed by atoms with Crippen molar-refractivity contribution in [1.29, 1.82) is 0 Å². The Morgan fingerprint density at radius 3 is 1.66 bits per heavy atom. The lowest BCUT2D eigenvalue weighted by atomic mass is 9.72. The Labute approximate surface area is 171 Å². The maximum atomic E-state index is 12.5. The molecule has 3 N–H and O–H groups in total. The second-order valence-electron chi connectivity index (χ2n) is 7.04. The molecule has 7 nitrogen and oxygen atoms in total. The summed E-state index contributed by atoms with van der Waals surface area (Å²) in [6.45, 7) is 2.98. The SMILES string of the molecule is O=C(O)C(CCN1CCCCC1)(c1ccccc1)c1ccccc1.O=S(=O)(O)O. The number of hydrogen-bond acceptors (Lipinski definition) is 4. The lowest BCUT2D eigenvalue weighted by Gasteiger charge is -2.34. The zero-order valence-corrected chi connectivity index (χ0v) is 17.0. The van der Waals surface area contributed by atoms with Crippen LogP contribution in [0.4, 0.5) is 0 Å². The van der Waals surface area contributed by atoms with Crippen molar-refractivity contribution in [2.75, 3.05) is 19.6 Å². The average molecular weight is 422 g/mol. The summed E-state index contributed by atoms with van der Waals surface area (Å²) in [5.74, 6) is -0.767. The number of carboxylic acids is 1. The molecule has 2 aromatic rings. The van der Waals surface area contributed by atoms with E-state index in [1.54, 1.807) is 0 Å². The van der Waals surface area contributed by atoms with Crippen molar-refractivity contribution in [3.8, 4) is 0 Å². The molecule has 0 bridgehead atoms. The van der Waals surface area contributed by atoms with Gasteiger partial charge in [-0.3, -0.25) is 13.9 Å². The summed E-state index contributed by atoms with van der Waals surface area (Å²) in [7, 11) is -4.67. The van der Waals surface area contributed by atoms with Crippen LogP contribution < -0.4 is 0 Å². The van der Waals surface area contributed by atoms with Crippen LogP contribution in [0, 0.1) is 0 Å². The first-order valence-electron chi connectivity index (χ1n) is 9.50. The van der Waals surface area contributed by atoms with Gasteiger partial charge in [0, 0.05) is 0 Å². The summed E-state index contributed by atoms with van der Waals surface area (Å²) >= 11 is 0. The standard InChI is InChI=1S/C21H25NO2.H2O4S/c23-20(24)21(18-10-4-1-5-11-18,19-12-6-2-7-13-19)14-17-22-15-8-3-9-16-22;1-5(2,3)4/h1-2,4-7,10-13H,3,8-9,14-17H2,(H,23,24);(H2,1,2,3,4). The highest BCUT2D eigenvalue weighted by atomic mass is 32.3. The minimum absolute atomic E-state index is 0.594. The first-order valence-corrected chi connectivity index (χ1v) is 10.9. The summed E-state index contributed by atoms with van der Waals surface area (Å²) in [5, 5.41) is 10.2. The summed E-state index contributed by atoms with van der Waals surface area (Å²) < 4.78 is 31.6. The van der Waals surface area contributed by atoms with Gasteiger partial charge in [0.2, 0.25) is 0 Å². The first-order chi connectivity index (χ1) is 13.7. The molecule has 1 aliphatic rings. The second-order valence-corrected chi connectivity index (χ2v) is 7.94. The van der Waals surface area contributed by atoms with E-state index in [9.17, 15) is 9.90 Å². The lowest BCUT2D eigenvalue weighted by Crippen LogP contribution is -2.42. The fourth-order valence-electron chi connectivity index (χ4n) is 3.76. The molecule has 0 unspecified atom stereocenters. The topological polar surface area (TPSA) is 115 Å². The van der Waals surface area contributed by atoms with Crippen LogP contribution in [0.5, 0.6) is 0 Å². The van der Waals surface area contributed by atoms with Gasteiger partial charge in [0.15, 0.2) is 0 Å². The van der Waals surface area contributed by atoms with Gasteiger partial charge < -0.3 is 10.0 Å². The van der Waals surface area contributed by atoms with E-state index in [1.165, 1.54) is 19.3 Å². The van der Waals surface area contributed by atoms with E-state index in [1.807, 2.05) is 60.7 Å². The van der Waals surface area contributed by atoms with Gasteiger partial charge >= 0.3 is 16.4 Å². The Hall–Kier alpha value is -2.26. The van der Waals surface area contributed by atoms with Crippen LogP contribution in [0.3, 0.4) is 0 Å². The molecule has 0 aromatic heterocycles. The zero-order valence-electron chi connectivity index (χ0n) is 16.1. The van der Waals surface area contributed by atoms with Crippen LogP contribution >= 0.6 is 0 Å². The molecule has 8 heteroatoms. The monoisotopic (exact) mass is 421 g/mol. The maximum Gasteiger partial charge on any atom is 0.394 e. The predicted octanol–water partition coefficient (Wildman–Crippen LogP) is 3.28. The van der Waals surface area contributed by atoms with Crippen LogP contribution in [-0.2, 0) is 20.6 Å². The first kappa shape index (κ1) is 23.0. The number of hydrogen-bond donors (Lipinski definition) is 3. The second kappa shape index (κ2) is 10.5. The summed E-state index contributed by atoms with van der Waals surface area (Å²) in [6.07, 6.45) is 4.32. The largest absolute Gasteiger partial charge is 0.480 e. The highest BCUT2D eigenvalue weighted by molar-refractivity contribution is 7.79. The van der Waals surface area contributed by atoms with Gasteiger partial charge in [-0.05, 0) is 50.0 Å². The third-order valence-corrected chi connectivity index (χ3v) is 5.15. The van der Waals surface area contributed by atoms with Gasteiger partial charge in [-0.1, -0.05) is 67.1 Å². The Balaban J connectivity index is 0.000000537. The normalized spacial score (nSPS) is 15.2. The van der Waals surface area contributed by atoms with Gasteiger partial charge in [-0.25, -0.2) is 0 Å². The van der Waals surface area contributed by atoms with E-state index in [0.29, 0.717) is 6.42 Å². The van der Waals surface area contributed by atoms with E-state index in [4.69, 9.17) is 17.5 Å². The summed E-state index contributed by atoms with van der Waals surface area (Å²) in [5.41, 5.74) is 0.737. The van der Waals surface area contributed by atoms with E-state index >= 15 is 0 Å². The van der Waals surface area contributed by atoms with Crippen molar-refractivity contribution >= 4 is 16.4 Å². The molecule has 0 atom stereocenters. The number of nitrogens with zero attached hydrogens (tertiary/aromatic N) is 1. The molecular weight excluding hydrogens is 394 g/mol. The molecule has 29 heavy (non-hydrogen) atoms. The number of benzene rings is 2. The van der Waals surface area contributed by atoms with Crippen LogP contribution in [0.25, 0.3) is 0 Å². The molecule has 2 aromatic carbocycles. The summed E-state index contributed by atoms with van der Waals surface area (Å²) in [4.78, 5) is 14.9. The van der Waals surface area contributed by atoms with Gasteiger partial charge in [0.25, 0.3) is 0 Å². The number of piperidine rings is 1. The Morgan fingerprint density at radius 2 is 1.28 bits per heavy atom. The highest BCUT2D eigenvalue weighted by Crippen LogP contribution is 2.36. The molecule has 1 aliphatic heterocycles. The van der Waals surface area contributed by atoms with Gasteiger partial charge in [0.1, 0.15) is 5.41 Å². The number of rotatable bonds is 6. The van der Waals surface area contributed by atoms with Crippen LogP contribution in [0.2, 0.25) is 0 Å². The number of carboxylic acid groups (broad SMARTS) is 1. The number of likely N-dealkylation sites (tertiary alicyclic amines) is 1. The number of aliphatic carboxylic acids is 1. The van der Waals surface area contributed by atoms with Crippen molar-refractivity contribution in [1.82, 2.24) is 4.90 Å². The molecule has 158 valence electrons. The van der Waals surface area contributed by atoms with Gasteiger partial charge in [0.05, 0.1) is 0 Å². The van der Waals surface area contributed by atoms with Crippen molar-refractivity contribution in [2.24, 2.45) is 0 Å². The average Bonchev–Trinajstić information content (AvgIpc) is 2.69. The molecule has 3 rings (SSSR count). The third kappa shape index (κ3) is 6.93. The molecular formula is C21H27NO6S. The molecule has 0 amide bonds. The van der Waals surface area contributed by atoms with Crippen LogP contribution in [0.1, 0.15) is 36.8 Å². The predicted molar refractivity (Wildman–Crippen MR) is 110 cm³/mol. The summed E-state index contributed by atoms with van der Waals surface area (Å²) in [6, 6.07) is 19.3. The molecule has 1 fully saturated rings. The van der Waals surface area contributed by atoms with E-state index in [-0.39, 0.29) is 0 Å². The Kier molecular flexibility index (Phi) is 8.33. The van der Waals surface area contributed by atoms with Gasteiger partial charge in [-0.15, -0.1) is 0 Å². The van der Waals surface area contributed by atoms with Gasteiger partial charge in [-0.2, -0.15) is 8.42 Å². The number of carbonyl (C=O) groups is 1. The van der Waals surface area contributed by atoms with E-state index in [2.05, 4.69) is 4.90 Å². The molecule has 1 saturated heterocycles. The van der Waals surface area contributed by atoms with Crippen molar-refractivity contribution in [2.45, 2.75) is 31.1 Å². The Morgan fingerprint density at radius 1 is 0.862 bits per heavy atom. The Bertz CT molecular complexity index is 817. The van der Waals surface area contributed by atoms with E-state index < -0.39 is 21.8 Å². The van der Waals surface area contributed by atoms with Crippen LogP contribution in [-0.4, -0.2) is 53.1 Å². The highest BCUT2D eigenvalue weighted by Gasteiger charge is 2.42. The molecule has 0 aliphatic carbocycles. The molecule has 1 heterocycles. The van der Waals surface area contributed by atoms with Crippen molar-refractivity contribution in [3.05, 3.63) is 71.8 Å². The molecule has 0 saturated carbocycles. The fourth-order valence-corrected chi connectivity index (χ4v) is 3.76. The van der Waals surface area contributed by atoms with Crippen molar-refractivity contribution < 1.29 is 27.4 Å². The minimum atomic E-state index is -4.67. The molecule has 0 spiro atoms. The van der Waals surface area contributed by atoms with Crippen LogP contribution in [0.15, 0.2) is 60.7 Å². The maximum absolute atomic E-state index is 12.5. The third-order valence-electron chi connectivity index (χ3n) is 5.15. The fraction of sp³-hybridized carbons (Fsp3) is 0.381. The van der Waals surface area contributed by atoms with Crippen molar-refractivity contribution in [3.63, 3.8) is 0 Å². The minimum Gasteiger partial charge on any atom is -0.480 e. The smallest absolute Gasteiger partial charge is 0.394 e. The quantitative estimate of drug-likeness (QED) is 0.613. The lowest BCUT2D eigenvalue weighted by molar-refractivity contribution is -0.142. The van der Waals surface area contributed by atoms with E-state index in [0.717, 1.165) is 30.8 Å². The molecule has 0 radical (unpaired) electrons. The zero-order chi connectivity index (χ0) is 21.3.